The van der Waals surface area contributed by atoms with Crippen molar-refractivity contribution in [1.82, 2.24) is 23.8 Å². The second-order valence-corrected chi connectivity index (χ2v) is 12.9. The predicted octanol–water partition coefficient (Wildman–Crippen LogP) is 11.1. The van der Waals surface area contributed by atoms with E-state index in [4.69, 9.17) is 15.0 Å². The predicted molar refractivity (Wildman–Crippen MR) is 206 cm³/mol. The molecule has 0 bridgehead atoms. The lowest BCUT2D eigenvalue weighted by molar-refractivity contribution is 1.07. The Labute approximate surface area is 286 Å². The van der Waals surface area contributed by atoms with Gasteiger partial charge in [0.15, 0.2) is 17.5 Å². The van der Waals surface area contributed by atoms with Crippen molar-refractivity contribution in [2.45, 2.75) is 0 Å². The number of rotatable bonds is 3. The lowest BCUT2D eigenvalue weighted by Gasteiger charge is -2.13. The maximum Gasteiger partial charge on any atom is 0.164 e. The minimum Gasteiger partial charge on any atom is -0.307 e. The molecule has 0 radical (unpaired) electrons. The van der Waals surface area contributed by atoms with E-state index in [0.29, 0.717) is 17.5 Å². The van der Waals surface area contributed by atoms with Crippen LogP contribution in [0.5, 0.6) is 0 Å². The summed E-state index contributed by atoms with van der Waals surface area (Å²) in [7, 11) is 0. The Morgan fingerprint density at radius 1 is 0.280 bits per heavy atom. The summed E-state index contributed by atoms with van der Waals surface area (Å²) in [5, 5.41) is 7.23. The molecule has 0 N–H and O–H groups in total. The maximum absolute atomic E-state index is 5.09. The summed E-state index contributed by atoms with van der Waals surface area (Å²) in [6, 6.07) is 57.9. The molecule has 7 aromatic carbocycles. The molecular weight excluding hydrogens is 611 g/mol. The van der Waals surface area contributed by atoms with Crippen LogP contribution in [0.4, 0.5) is 0 Å². The number of benzene rings is 7. The van der Waals surface area contributed by atoms with E-state index in [-0.39, 0.29) is 0 Å². The number of fused-ring (bicyclic) bond motifs is 11. The molecule has 0 atom stereocenters. The van der Waals surface area contributed by atoms with E-state index in [2.05, 4.69) is 112 Å². The number of hydrogen-bond acceptors (Lipinski definition) is 3. The number of aromatic nitrogens is 5. The van der Waals surface area contributed by atoms with Crippen molar-refractivity contribution in [3.05, 3.63) is 164 Å². The first-order valence-corrected chi connectivity index (χ1v) is 16.9. The van der Waals surface area contributed by atoms with E-state index >= 15 is 0 Å². The molecule has 0 aliphatic rings. The lowest BCUT2D eigenvalue weighted by Crippen LogP contribution is -2.00. The molecular formula is C45H27N5. The number of nitrogens with zero attached hydrogens (tertiary/aromatic N) is 5. The quantitative estimate of drug-likeness (QED) is 0.194. The van der Waals surface area contributed by atoms with Gasteiger partial charge >= 0.3 is 0 Å². The fraction of sp³-hybridized carbons (Fsp3) is 0. The van der Waals surface area contributed by atoms with Crippen molar-refractivity contribution in [3.63, 3.8) is 0 Å². The van der Waals surface area contributed by atoms with E-state index < -0.39 is 0 Å². The zero-order valence-electron chi connectivity index (χ0n) is 26.8. The number of hydrogen-bond donors (Lipinski definition) is 0. The first-order valence-electron chi connectivity index (χ1n) is 16.9. The van der Waals surface area contributed by atoms with E-state index in [0.717, 1.165) is 38.5 Å². The number of para-hydroxylation sites is 3. The molecule has 5 nitrogen and oxygen atoms in total. The molecule has 11 rings (SSSR count). The molecule has 4 aromatic heterocycles. The highest BCUT2D eigenvalue weighted by atomic mass is 15.0. The van der Waals surface area contributed by atoms with Crippen molar-refractivity contribution in [3.8, 4) is 34.2 Å². The molecule has 232 valence electrons. The van der Waals surface area contributed by atoms with Crippen molar-refractivity contribution < 1.29 is 0 Å². The minimum absolute atomic E-state index is 0.636. The molecule has 0 saturated carbocycles. The van der Waals surface area contributed by atoms with Crippen molar-refractivity contribution >= 4 is 65.4 Å². The lowest BCUT2D eigenvalue weighted by atomic mass is 10.1. The van der Waals surface area contributed by atoms with Gasteiger partial charge in [0.2, 0.25) is 0 Å². The SMILES string of the molecule is c1ccc(-c2nc(-c3ccccc3)nc(-c3ccc4c(c3)c3ccccc3n3c5ccccc5c5ccc6c7ccccc7n4c6c53)n2)cc1. The van der Waals surface area contributed by atoms with Gasteiger partial charge in [-0.25, -0.2) is 15.0 Å². The van der Waals surface area contributed by atoms with Gasteiger partial charge in [0.1, 0.15) is 0 Å². The molecule has 0 unspecified atom stereocenters. The van der Waals surface area contributed by atoms with Crippen LogP contribution in [0.2, 0.25) is 0 Å². The minimum atomic E-state index is 0.636. The average Bonchev–Trinajstić information content (AvgIpc) is 3.70. The summed E-state index contributed by atoms with van der Waals surface area (Å²) in [6.07, 6.45) is 0. The fourth-order valence-corrected chi connectivity index (χ4v) is 7.92. The Morgan fingerprint density at radius 2 is 0.660 bits per heavy atom. The molecule has 11 aromatic rings. The molecule has 0 amide bonds. The van der Waals surface area contributed by atoms with Gasteiger partial charge in [-0.05, 0) is 36.4 Å². The van der Waals surface area contributed by atoms with Crippen LogP contribution < -0.4 is 0 Å². The Balaban J connectivity index is 1.33. The van der Waals surface area contributed by atoms with Gasteiger partial charge in [-0.15, -0.1) is 0 Å². The topological polar surface area (TPSA) is 47.5 Å². The summed E-state index contributed by atoms with van der Waals surface area (Å²) >= 11 is 0. The zero-order valence-corrected chi connectivity index (χ0v) is 26.8. The normalized spacial score (nSPS) is 12.0. The largest absolute Gasteiger partial charge is 0.307 e. The third-order valence-corrected chi connectivity index (χ3v) is 10.1. The summed E-state index contributed by atoms with van der Waals surface area (Å²) in [6.45, 7) is 0. The van der Waals surface area contributed by atoms with Crippen LogP contribution in [-0.4, -0.2) is 23.8 Å². The van der Waals surface area contributed by atoms with E-state index in [9.17, 15) is 0 Å². The third kappa shape index (κ3) is 3.80. The van der Waals surface area contributed by atoms with Crippen LogP contribution in [0.3, 0.4) is 0 Å². The van der Waals surface area contributed by atoms with E-state index in [1.807, 2.05) is 60.7 Å². The van der Waals surface area contributed by atoms with Crippen LogP contribution in [-0.2, 0) is 0 Å². The molecule has 0 aliphatic heterocycles. The first kappa shape index (κ1) is 27.1. The Hall–Kier alpha value is -6.85. The second-order valence-electron chi connectivity index (χ2n) is 12.9. The fourth-order valence-electron chi connectivity index (χ4n) is 7.92. The van der Waals surface area contributed by atoms with Gasteiger partial charge in [0, 0.05) is 49.0 Å². The van der Waals surface area contributed by atoms with Crippen molar-refractivity contribution in [2.24, 2.45) is 0 Å². The van der Waals surface area contributed by atoms with Gasteiger partial charge in [-0.1, -0.05) is 127 Å². The standard InChI is InChI=1S/C45H27N5/c1-3-13-28(14-4-1)43-46-44(29-15-5-2-6-16-29)48-45(47-43)30-23-26-40-36(27-30)33-19-9-12-22-39(33)49-37-20-10-7-17-31(37)34-24-25-35-32-18-8-11-21-38(32)50(40)42(35)41(34)49/h1-27H. The van der Waals surface area contributed by atoms with Crippen LogP contribution in [0, 0.1) is 0 Å². The van der Waals surface area contributed by atoms with Crippen molar-refractivity contribution in [2.75, 3.05) is 0 Å². The zero-order chi connectivity index (χ0) is 32.8. The summed E-state index contributed by atoms with van der Waals surface area (Å²) in [4.78, 5) is 15.1. The second kappa shape index (κ2) is 10.3. The Morgan fingerprint density at radius 3 is 1.14 bits per heavy atom. The summed E-state index contributed by atoms with van der Waals surface area (Å²) in [5.74, 6) is 1.93. The van der Waals surface area contributed by atoms with E-state index in [1.54, 1.807) is 0 Å². The van der Waals surface area contributed by atoms with Gasteiger partial charge in [-0.2, -0.15) is 0 Å². The molecule has 4 heterocycles. The van der Waals surface area contributed by atoms with Crippen LogP contribution in [0.25, 0.3) is 99.6 Å². The monoisotopic (exact) mass is 637 g/mol. The highest BCUT2D eigenvalue weighted by molar-refractivity contribution is 6.25. The van der Waals surface area contributed by atoms with Gasteiger partial charge in [0.25, 0.3) is 0 Å². The summed E-state index contributed by atoms with van der Waals surface area (Å²) < 4.78 is 4.94. The van der Waals surface area contributed by atoms with Gasteiger partial charge in [-0.3, -0.25) is 0 Å². The smallest absolute Gasteiger partial charge is 0.164 e. The highest BCUT2D eigenvalue weighted by Gasteiger charge is 2.21. The van der Waals surface area contributed by atoms with E-state index in [1.165, 1.54) is 43.6 Å². The van der Waals surface area contributed by atoms with Crippen molar-refractivity contribution in [1.29, 1.82) is 0 Å². The first-order chi connectivity index (χ1) is 24.8. The molecule has 0 fully saturated rings. The van der Waals surface area contributed by atoms with Crippen LogP contribution in [0.1, 0.15) is 0 Å². The van der Waals surface area contributed by atoms with Gasteiger partial charge in [0.05, 0.1) is 33.1 Å². The Bertz CT molecular complexity index is 3080. The van der Waals surface area contributed by atoms with Crippen LogP contribution in [0.15, 0.2) is 164 Å². The molecule has 5 heteroatoms. The third-order valence-electron chi connectivity index (χ3n) is 10.1. The molecule has 0 spiro atoms. The highest BCUT2D eigenvalue weighted by Crippen LogP contribution is 2.42. The maximum atomic E-state index is 5.09. The van der Waals surface area contributed by atoms with Gasteiger partial charge < -0.3 is 8.80 Å². The van der Waals surface area contributed by atoms with Crippen LogP contribution >= 0.6 is 0 Å². The molecule has 50 heavy (non-hydrogen) atoms. The Kier molecular flexibility index (Phi) is 5.60. The molecule has 0 saturated heterocycles. The molecule has 0 aliphatic carbocycles. The summed E-state index contributed by atoms with van der Waals surface area (Å²) in [5.41, 5.74) is 9.90. The average molecular weight is 638 g/mol.